The lowest BCUT2D eigenvalue weighted by atomic mass is 10.1. The number of benzene rings is 1. The highest BCUT2D eigenvalue weighted by Gasteiger charge is 2.35. The standard InChI is InChI=1S/C19H12ClF3N4/c1-11-17-15(19(21,22)23)10-16(12-6-8-24-9-7-12)25-18(17)27(26-11)14-4-2-13(20)3-5-14/h2-10H,1H3. The molecule has 0 amide bonds. The SMILES string of the molecule is Cc1nn(-c2ccc(Cl)cc2)c2nc(-c3ccncc3)cc(C(F)(F)F)c12. The lowest BCUT2D eigenvalue weighted by molar-refractivity contribution is -0.136. The van der Waals surface area contributed by atoms with Gasteiger partial charge in [-0.25, -0.2) is 9.67 Å². The highest BCUT2D eigenvalue weighted by molar-refractivity contribution is 6.30. The van der Waals surface area contributed by atoms with Crippen LogP contribution in [-0.2, 0) is 6.18 Å². The molecule has 0 spiro atoms. The Morgan fingerprint density at radius 3 is 2.30 bits per heavy atom. The summed E-state index contributed by atoms with van der Waals surface area (Å²) < 4.78 is 42.7. The average molecular weight is 389 g/mol. The van der Waals surface area contributed by atoms with E-state index in [2.05, 4.69) is 15.1 Å². The largest absolute Gasteiger partial charge is 0.417 e. The van der Waals surface area contributed by atoms with E-state index in [1.165, 1.54) is 24.0 Å². The molecule has 0 bridgehead atoms. The summed E-state index contributed by atoms with van der Waals surface area (Å²) in [5.41, 5.74) is 0.936. The molecule has 3 aromatic heterocycles. The molecule has 0 N–H and O–H groups in total. The monoisotopic (exact) mass is 388 g/mol. The molecule has 27 heavy (non-hydrogen) atoms. The van der Waals surface area contributed by atoms with Crippen molar-refractivity contribution in [2.75, 3.05) is 0 Å². The Kier molecular flexibility index (Phi) is 4.11. The van der Waals surface area contributed by atoms with E-state index in [9.17, 15) is 13.2 Å². The van der Waals surface area contributed by atoms with E-state index >= 15 is 0 Å². The summed E-state index contributed by atoms with van der Waals surface area (Å²) in [6.07, 6.45) is -1.52. The number of fused-ring (bicyclic) bond motifs is 1. The molecule has 136 valence electrons. The van der Waals surface area contributed by atoms with Crippen molar-refractivity contribution in [2.24, 2.45) is 0 Å². The number of alkyl halides is 3. The first-order chi connectivity index (χ1) is 12.8. The zero-order valence-electron chi connectivity index (χ0n) is 14.0. The van der Waals surface area contributed by atoms with Gasteiger partial charge in [0.2, 0.25) is 0 Å². The molecule has 0 aliphatic heterocycles. The Bertz CT molecular complexity index is 1120. The van der Waals surface area contributed by atoms with Gasteiger partial charge in [-0.05, 0) is 49.4 Å². The van der Waals surface area contributed by atoms with E-state index in [1.807, 2.05) is 0 Å². The average Bonchev–Trinajstić information content (AvgIpc) is 2.98. The van der Waals surface area contributed by atoms with Gasteiger partial charge in [-0.15, -0.1) is 0 Å². The summed E-state index contributed by atoms with van der Waals surface area (Å²) in [4.78, 5) is 8.38. The molecule has 0 fully saturated rings. The van der Waals surface area contributed by atoms with Crippen molar-refractivity contribution in [3.05, 3.63) is 71.1 Å². The second-order valence-corrected chi connectivity index (χ2v) is 6.40. The predicted molar refractivity (Wildman–Crippen MR) is 96.8 cm³/mol. The Hall–Kier alpha value is -2.93. The summed E-state index contributed by atoms with van der Waals surface area (Å²) in [6.45, 7) is 1.54. The third kappa shape index (κ3) is 3.14. The second-order valence-electron chi connectivity index (χ2n) is 5.96. The van der Waals surface area contributed by atoms with Gasteiger partial charge >= 0.3 is 6.18 Å². The van der Waals surface area contributed by atoms with Crippen LogP contribution in [0.2, 0.25) is 5.02 Å². The molecule has 3 heterocycles. The number of halogens is 4. The Morgan fingerprint density at radius 2 is 1.67 bits per heavy atom. The van der Waals surface area contributed by atoms with Crippen LogP contribution >= 0.6 is 11.6 Å². The molecule has 4 nitrogen and oxygen atoms in total. The molecule has 0 saturated heterocycles. The fourth-order valence-electron chi connectivity index (χ4n) is 2.95. The predicted octanol–water partition coefficient (Wildman–Crippen LogP) is 5.46. The molecule has 0 atom stereocenters. The number of hydrogen-bond donors (Lipinski definition) is 0. The van der Waals surface area contributed by atoms with Gasteiger partial charge in [-0.3, -0.25) is 4.98 Å². The molecule has 8 heteroatoms. The minimum atomic E-state index is -4.54. The van der Waals surface area contributed by atoms with Gasteiger partial charge in [-0.2, -0.15) is 18.3 Å². The van der Waals surface area contributed by atoms with Crippen LogP contribution in [0.25, 0.3) is 28.0 Å². The molecule has 0 radical (unpaired) electrons. The number of nitrogens with zero attached hydrogens (tertiary/aromatic N) is 4. The van der Waals surface area contributed by atoms with Gasteiger partial charge in [0.05, 0.1) is 28.0 Å². The van der Waals surface area contributed by atoms with Crippen LogP contribution in [0.3, 0.4) is 0 Å². The molecular weight excluding hydrogens is 377 g/mol. The van der Waals surface area contributed by atoms with Crippen LogP contribution in [0.5, 0.6) is 0 Å². The highest BCUT2D eigenvalue weighted by Crippen LogP contribution is 2.38. The number of rotatable bonds is 2. The first-order valence-corrected chi connectivity index (χ1v) is 8.36. The van der Waals surface area contributed by atoms with Crippen molar-refractivity contribution >= 4 is 22.6 Å². The molecular formula is C19H12ClF3N4. The van der Waals surface area contributed by atoms with Crippen molar-refractivity contribution in [1.29, 1.82) is 0 Å². The maximum atomic E-state index is 13.8. The number of pyridine rings is 2. The summed E-state index contributed by atoms with van der Waals surface area (Å²) in [5, 5.41) is 4.80. The van der Waals surface area contributed by atoms with Crippen LogP contribution in [-0.4, -0.2) is 19.7 Å². The van der Waals surface area contributed by atoms with Crippen LogP contribution in [0, 0.1) is 6.92 Å². The minimum absolute atomic E-state index is 0.0183. The van der Waals surface area contributed by atoms with E-state index in [0.29, 0.717) is 16.3 Å². The Balaban J connectivity index is 2.06. The van der Waals surface area contributed by atoms with Crippen molar-refractivity contribution in [1.82, 2.24) is 19.7 Å². The Morgan fingerprint density at radius 1 is 1.00 bits per heavy atom. The second kappa shape index (κ2) is 6.35. The molecule has 4 aromatic rings. The van der Waals surface area contributed by atoms with Crippen LogP contribution in [0.15, 0.2) is 54.9 Å². The summed E-state index contributed by atoms with van der Waals surface area (Å²) in [7, 11) is 0. The summed E-state index contributed by atoms with van der Waals surface area (Å²) in [5.74, 6) is 0. The van der Waals surface area contributed by atoms with Gasteiger partial charge in [0.25, 0.3) is 0 Å². The molecule has 0 aliphatic rings. The first kappa shape index (κ1) is 17.5. The van der Waals surface area contributed by atoms with Gasteiger partial charge in [0.15, 0.2) is 5.65 Å². The molecule has 0 aliphatic carbocycles. The number of hydrogen-bond acceptors (Lipinski definition) is 3. The number of aromatic nitrogens is 4. The van der Waals surface area contributed by atoms with Gasteiger partial charge in [0.1, 0.15) is 0 Å². The van der Waals surface area contributed by atoms with E-state index in [-0.39, 0.29) is 22.4 Å². The number of aryl methyl sites for hydroxylation is 1. The third-order valence-corrected chi connectivity index (χ3v) is 4.42. The molecule has 0 saturated carbocycles. The van der Waals surface area contributed by atoms with Crippen molar-refractivity contribution in [3.63, 3.8) is 0 Å². The van der Waals surface area contributed by atoms with E-state index in [1.54, 1.807) is 36.4 Å². The zero-order valence-corrected chi connectivity index (χ0v) is 14.8. The molecule has 0 unspecified atom stereocenters. The van der Waals surface area contributed by atoms with Crippen LogP contribution < -0.4 is 0 Å². The zero-order chi connectivity index (χ0) is 19.2. The normalized spacial score (nSPS) is 11.9. The van der Waals surface area contributed by atoms with Gasteiger partial charge in [0, 0.05) is 23.0 Å². The molecule has 4 rings (SSSR count). The lowest BCUT2D eigenvalue weighted by Gasteiger charge is -2.11. The fraction of sp³-hybridized carbons (Fsp3) is 0.105. The van der Waals surface area contributed by atoms with Crippen LogP contribution in [0.4, 0.5) is 13.2 Å². The van der Waals surface area contributed by atoms with Crippen LogP contribution in [0.1, 0.15) is 11.3 Å². The summed E-state index contributed by atoms with van der Waals surface area (Å²) in [6, 6.07) is 11.0. The minimum Gasteiger partial charge on any atom is -0.265 e. The van der Waals surface area contributed by atoms with Gasteiger partial charge in [-0.1, -0.05) is 11.6 Å². The molecule has 1 aromatic carbocycles. The Labute approximate surface area is 157 Å². The smallest absolute Gasteiger partial charge is 0.265 e. The fourth-order valence-corrected chi connectivity index (χ4v) is 3.07. The maximum Gasteiger partial charge on any atom is 0.417 e. The lowest BCUT2D eigenvalue weighted by Crippen LogP contribution is -2.08. The maximum absolute atomic E-state index is 13.8. The van der Waals surface area contributed by atoms with Crippen molar-refractivity contribution in [3.8, 4) is 16.9 Å². The van der Waals surface area contributed by atoms with Crippen molar-refractivity contribution < 1.29 is 13.2 Å². The third-order valence-electron chi connectivity index (χ3n) is 4.17. The van der Waals surface area contributed by atoms with E-state index in [4.69, 9.17) is 11.6 Å². The van der Waals surface area contributed by atoms with E-state index < -0.39 is 11.7 Å². The van der Waals surface area contributed by atoms with E-state index in [0.717, 1.165) is 6.07 Å². The topological polar surface area (TPSA) is 43.6 Å². The summed E-state index contributed by atoms with van der Waals surface area (Å²) >= 11 is 5.91. The van der Waals surface area contributed by atoms with Gasteiger partial charge < -0.3 is 0 Å². The highest BCUT2D eigenvalue weighted by atomic mass is 35.5. The quantitative estimate of drug-likeness (QED) is 0.457. The van der Waals surface area contributed by atoms with Crippen molar-refractivity contribution in [2.45, 2.75) is 13.1 Å². The first-order valence-electron chi connectivity index (χ1n) is 7.98.